The topological polar surface area (TPSA) is 30.5 Å². The molecule has 0 heterocycles. The maximum Gasteiger partial charge on any atom is 0.161 e. The van der Waals surface area contributed by atoms with E-state index >= 15 is 0 Å². The van der Waals surface area contributed by atoms with Crippen molar-refractivity contribution in [2.75, 3.05) is 13.2 Å². The van der Waals surface area contributed by atoms with Crippen LogP contribution in [0.5, 0.6) is 11.5 Å². The summed E-state index contributed by atoms with van der Waals surface area (Å²) in [7, 11) is 0. The number of nitrogens with one attached hydrogen (secondary N) is 1. The summed E-state index contributed by atoms with van der Waals surface area (Å²) in [5.74, 6) is 1.59. The number of ether oxygens (including phenoxy) is 2. The van der Waals surface area contributed by atoms with Gasteiger partial charge in [-0.3, -0.25) is 0 Å². The third-order valence-corrected chi connectivity index (χ3v) is 4.71. The van der Waals surface area contributed by atoms with E-state index in [9.17, 15) is 0 Å². The average molecular weight is 376 g/mol. The standard InChI is InChI=1S/C25H29NO2/c1-3-27-25-17-22(18-26-16-15-21-10-5-4-6-11-21)13-14-24(25)28-19-23-12-8-7-9-20(23)2/h4-14,17,26H,3,15-16,18-19H2,1-2H3. The third-order valence-electron chi connectivity index (χ3n) is 4.71. The van der Waals surface area contributed by atoms with Gasteiger partial charge >= 0.3 is 0 Å². The first-order valence-electron chi connectivity index (χ1n) is 9.94. The van der Waals surface area contributed by atoms with Gasteiger partial charge in [0.15, 0.2) is 11.5 Å². The first-order valence-corrected chi connectivity index (χ1v) is 9.94. The van der Waals surface area contributed by atoms with Gasteiger partial charge in [0.2, 0.25) is 0 Å². The third kappa shape index (κ3) is 5.86. The van der Waals surface area contributed by atoms with Crippen LogP contribution in [0.2, 0.25) is 0 Å². The summed E-state index contributed by atoms with van der Waals surface area (Å²) in [4.78, 5) is 0. The molecule has 3 aromatic carbocycles. The highest BCUT2D eigenvalue weighted by Gasteiger charge is 2.08. The minimum absolute atomic E-state index is 0.543. The smallest absolute Gasteiger partial charge is 0.161 e. The lowest BCUT2D eigenvalue weighted by molar-refractivity contribution is 0.268. The first-order chi connectivity index (χ1) is 13.8. The molecular formula is C25H29NO2. The Morgan fingerprint density at radius 1 is 0.786 bits per heavy atom. The second-order valence-corrected chi connectivity index (χ2v) is 6.84. The number of aryl methyl sites for hydroxylation is 1. The molecule has 3 heteroatoms. The molecule has 0 atom stereocenters. The zero-order chi connectivity index (χ0) is 19.6. The molecule has 3 nitrogen and oxygen atoms in total. The molecule has 146 valence electrons. The van der Waals surface area contributed by atoms with Crippen LogP contribution < -0.4 is 14.8 Å². The van der Waals surface area contributed by atoms with Gasteiger partial charge in [0, 0.05) is 6.54 Å². The quantitative estimate of drug-likeness (QED) is 0.488. The van der Waals surface area contributed by atoms with Gasteiger partial charge in [-0.1, -0.05) is 60.7 Å². The van der Waals surface area contributed by atoms with Crippen LogP contribution in [0, 0.1) is 6.92 Å². The monoisotopic (exact) mass is 375 g/mol. The fourth-order valence-corrected chi connectivity index (χ4v) is 3.09. The number of hydrogen-bond acceptors (Lipinski definition) is 3. The van der Waals surface area contributed by atoms with Crippen molar-refractivity contribution in [2.45, 2.75) is 33.4 Å². The van der Waals surface area contributed by atoms with Crippen LogP contribution in [0.4, 0.5) is 0 Å². The molecule has 3 rings (SSSR count). The maximum absolute atomic E-state index is 6.05. The molecule has 0 aliphatic heterocycles. The van der Waals surface area contributed by atoms with Crippen molar-refractivity contribution in [1.29, 1.82) is 0 Å². The zero-order valence-electron chi connectivity index (χ0n) is 16.8. The molecule has 0 saturated heterocycles. The minimum Gasteiger partial charge on any atom is -0.490 e. The van der Waals surface area contributed by atoms with Gasteiger partial charge in [-0.2, -0.15) is 0 Å². The lowest BCUT2D eigenvalue weighted by atomic mass is 10.1. The Kier molecular flexibility index (Phi) is 7.51. The van der Waals surface area contributed by atoms with E-state index in [1.165, 1.54) is 22.3 Å². The summed E-state index contributed by atoms with van der Waals surface area (Å²) in [5, 5.41) is 3.51. The Balaban J connectivity index is 1.56. The van der Waals surface area contributed by atoms with Gasteiger partial charge in [-0.05, 0) is 61.2 Å². The van der Waals surface area contributed by atoms with Crippen molar-refractivity contribution < 1.29 is 9.47 Å². The fraction of sp³-hybridized carbons (Fsp3) is 0.280. The molecule has 0 unspecified atom stereocenters. The summed E-state index contributed by atoms with van der Waals surface area (Å²) < 4.78 is 11.9. The van der Waals surface area contributed by atoms with Gasteiger partial charge in [0.05, 0.1) is 6.61 Å². The highest BCUT2D eigenvalue weighted by molar-refractivity contribution is 5.43. The van der Waals surface area contributed by atoms with Gasteiger partial charge in [-0.15, -0.1) is 0 Å². The van der Waals surface area contributed by atoms with Gasteiger partial charge in [-0.25, -0.2) is 0 Å². The van der Waals surface area contributed by atoms with Crippen molar-refractivity contribution in [3.05, 3.63) is 95.1 Å². The van der Waals surface area contributed by atoms with Crippen molar-refractivity contribution >= 4 is 0 Å². The Morgan fingerprint density at radius 2 is 1.57 bits per heavy atom. The molecule has 0 saturated carbocycles. The van der Waals surface area contributed by atoms with Gasteiger partial charge in [0.1, 0.15) is 6.61 Å². The van der Waals surface area contributed by atoms with Crippen LogP contribution in [0.1, 0.15) is 29.2 Å². The number of rotatable bonds is 10. The highest BCUT2D eigenvalue weighted by atomic mass is 16.5. The molecule has 0 bridgehead atoms. The Morgan fingerprint density at radius 3 is 2.36 bits per heavy atom. The van der Waals surface area contributed by atoms with E-state index in [2.05, 4.69) is 66.8 Å². The van der Waals surface area contributed by atoms with Crippen molar-refractivity contribution in [1.82, 2.24) is 5.32 Å². The Labute approximate surface area is 168 Å². The Bertz CT molecular complexity index is 861. The van der Waals surface area contributed by atoms with E-state index in [0.29, 0.717) is 13.2 Å². The fourth-order valence-electron chi connectivity index (χ4n) is 3.09. The molecule has 3 aromatic rings. The summed E-state index contributed by atoms with van der Waals surface area (Å²) >= 11 is 0. The van der Waals surface area contributed by atoms with E-state index in [0.717, 1.165) is 31.0 Å². The molecule has 0 spiro atoms. The highest BCUT2D eigenvalue weighted by Crippen LogP contribution is 2.29. The Hall–Kier alpha value is -2.78. The van der Waals surface area contributed by atoms with E-state index in [-0.39, 0.29) is 0 Å². The van der Waals surface area contributed by atoms with Gasteiger partial charge in [0.25, 0.3) is 0 Å². The number of hydrogen-bond donors (Lipinski definition) is 1. The lowest BCUT2D eigenvalue weighted by Crippen LogP contribution is -2.16. The molecule has 0 amide bonds. The van der Waals surface area contributed by atoms with Crippen LogP contribution in [-0.4, -0.2) is 13.2 Å². The molecule has 0 radical (unpaired) electrons. The van der Waals surface area contributed by atoms with Crippen LogP contribution in [0.25, 0.3) is 0 Å². The van der Waals surface area contributed by atoms with E-state index < -0.39 is 0 Å². The minimum atomic E-state index is 0.543. The van der Waals surface area contributed by atoms with Crippen LogP contribution in [-0.2, 0) is 19.6 Å². The largest absolute Gasteiger partial charge is 0.490 e. The first kappa shape index (κ1) is 20.0. The van der Waals surface area contributed by atoms with E-state index in [4.69, 9.17) is 9.47 Å². The summed E-state index contributed by atoms with van der Waals surface area (Å²) in [6.07, 6.45) is 1.02. The van der Waals surface area contributed by atoms with Crippen LogP contribution >= 0.6 is 0 Å². The molecule has 0 aliphatic rings. The van der Waals surface area contributed by atoms with E-state index in [1.54, 1.807) is 0 Å². The molecule has 28 heavy (non-hydrogen) atoms. The van der Waals surface area contributed by atoms with Crippen LogP contribution in [0.3, 0.4) is 0 Å². The molecule has 1 N–H and O–H groups in total. The summed E-state index contributed by atoms with van der Waals surface area (Å²) in [6, 6.07) is 25.0. The van der Waals surface area contributed by atoms with Crippen LogP contribution in [0.15, 0.2) is 72.8 Å². The molecule has 0 fully saturated rings. The van der Waals surface area contributed by atoms with Crippen molar-refractivity contribution in [2.24, 2.45) is 0 Å². The molecule has 0 aromatic heterocycles. The predicted octanol–water partition coefficient (Wildman–Crippen LogP) is 5.31. The SMILES string of the molecule is CCOc1cc(CNCCc2ccccc2)ccc1OCc1ccccc1C. The van der Waals surface area contributed by atoms with Gasteiger partial charge < -0.3 is 14.8 Å². The second-order valence-electron chi connectivity index (χ2n) is 6.84. The summed E-state index contributed by atoms with van der Waals surface area (Å²) in [6.45, 7) is 7.01. The van der Waals surface area contributed by atoms with E-state index in [1.807, 2.05) is 25.1 Å². The number of benzene rings is 3. The van der Waals surface area contributed by atoms with Crippen molar-refractivity contribution in [3.63, 3.8) is 0 Å². The average Bonchev–Trinajstić information content (AvgIpc) is 2.73. The summed E-state index contributed by atoms with van der Waals surface area (Å²) in [5.41, 5.74) is 4.97. The second kappa shape index (κ2) is 10.5. The lowest BCUT2D eigenvalue weighted by Gasteiger charge is -2.14. The van der Waals surface area contributed by atoms with Crippen molar-refractivity contribution in [3.8, 4) is 11.5 Å². The molecular weight excluding hydrogens is 346 g/mol. The normalized spacial score (nSPS) is 10.6. The zero-order valence-corrected chi connectivity index (χ0v) is 16.8. The molecule has 0 aliphatic carbocycles. The predicted molar refractivity (Wildman–Crippen MR) is 115 cm³/mol. The maximum atomic E-state index is 6.05.